The second-order valence-corrected chi connectivity index (χ2v) is 9.38. The van der Waals surface area contributed by atoms with Crippen LogP contribution in [-0.2, 0) is 18.9 Å². The van der Waals surface area contributed by atoms with Crippen LogP contribution in [0.3, 0.4) is 0 Å². The van der Waals surface area contributed by atoms with Crippen molar-refractivity contribution in [2.45, 2.75) is 60.3 Å². The highest BCUT2D eigenvalue weighted by Crippen LogP contribution is 2.33. The Bertz CT molecular complexity index is 1180. The van der Waals surface area contributed by atoms with Gasteiger partial charge in [-0.15, -0.1) is 0 Å². The third-order valence-electron chi connectivity index (χ3n) is 6.12. The van der Waals surface area contributed by atoms with Gasteiger partial charge in [0.25, 0.3) is 11.8 Å². The SMILES string of the molecule is CC.CCc1cc(C(C)(C)C)ccc1C(=O)N(C)c1cccc(-c2cc(C(N)=O)n(C)c2)c1C. The van der Waals surface area contributed by atoms with Gasteiger partial charge in [0.05, 0.1) is 0 Å². The zero-order valence-electron chi connectivity index (χ0n) is 22.1. The monoisotopic (exact) mass is 461 g/mol. The van der Waals surface area contributed by atoms with Crippen LogP contribution < -0.4 is 10.6 Å². The molecule has 1 heterocycles. The van der Waals surface area contributed by atoms with Gasteiger partial charge in [-0.3, -0.25) is 9.59 Å². The van der Waals surface area contributed by atoms with E-state index in [0.717, 1.165) is 39.9 Å². The molecule has 182 valence electrons. The lowest BCUT2D eigenvalue weighted by Crippen LogP contribution is -2.28. The Kier molecular flexibility index (Phi) is 8.49. The van der Waals surface area contributed by atoms with Gasteiger partial charge in [0, 0.05) is 37.1 Å². The normalized spacial score (nSPS) is 11.0. The van der Waals surface area contributed by atoms with E-state index >= 15 is 0 Å². The number of anilines is 1. The van der Waals surface area contributed by atoms with Gasteiger partial charge < -0.3 is 15.2 Å². The lowest BCUT2D eigenvalue weighted by molar-refractivity contribution is 0.0984. The Labute approximate surface area is 204 Å². The number of rotatable bonds is 5. The van der Waals surface area contributed by atoms with Crippen molar-refractivity contribution in [2.24, 2.45) is 12.8 Å². The molecule has 2 N–H and O–H groups in total. The van der Waals surface area contributed by atoms with E-state index in [1.54, 1.807) is 22.6 Å². The van der Waals surface area contributed by atoms with Crippen LogP contribution in [-0.4, -0.2) is 23.4 Å². The lowest BCUT2D eigenvalue weighted by Gasteiger charge is -2.24. The number of hydrogen-bond donors (Lipinski definition) is 1. The molecule has 0 spiro atoms. The second kappa shape index (κ2) is 10.7. The van der Waals surface area contributed by atoms with Crippen LogP contribution in [0.5, 0.6) is 0 Å². The molecular formula is C29H39N3O2. The molecule has 0 aliphatic rings. The summed E-state index contributed by atoms with van der Waals surface area (Å²) in [7, 11) is 3.61. The number of aromatic nitrogens is 1. The number of carbonyl (C=O) groups is 2. The maximum absolute atomic E-state index is 13.5. The van der Waals surface area contributed by atoms with Crippen molar-refractivity contribution in [2.75, 3.05) is 11.9 Å². The number of primary amides is 1. The van der Waals surface area contributed by atoms with E-state index in [1.807, 2.05) is 58.3 Å². The molecule has 0 aliphatic carbocycles. The summed E-state index contributed by atoms with van der Waals surface area (Å²) in [6, 6.07) is 13.8. The third kappa shape index (κ3) is 5.41. The molecule has 34 heavy (non-hydrogen) atoms. The van der Waals surface area contributed by atoms with Crippen LogP contribution >= 0.6 is 0 Å². The topological polar surface area (TPSA) is 68.3 Å². The predicted octanol–water partition coefficient (Wildman–Crippen LogP) is 6.26. The van der Waals surface area contributed by atoms with Crippen molar-refractivity contribution in [1.82, 2.24) is 4.57 Å². The Hall–Kier alpha value is -3.34. The fourth-order valence-electron chi connectivity index (χ4n) is 4.11. The molecule has 0 saturated heterocycles. The summed E-state index contributed by atoms with van der Waals surface area (Å²) in [5.41, 5.74) is 12.6. The lowest BCUT2D eigenvalue weighted by atomic mass is 9.84. The molecule has 0 unspecified atom stereocenters. The third-order valence-corrected chi connectivity index (χ3v) is 6.12. The van der Waals surface area contributed by atoms with Crippen LogP contribution in [0.1, 0.15) is 79.1 Å². The largest absolute Gasteiger partial charge is 0.364 e. The van der Waals surface area contributed by atoms with E-state index in [-0.39, 0.29) is 11.3 Å². The Morgan fingerprint density at radius 2 is 1.71 bits per heavy atom. The summed E-state index contributed by atoms with van der Waals surface area (Å²) >= 11 is 0. The maximum atomic E-state index is 13.5. The van der Waals surface area contributed by atoms with E-state index in [1.165, 1.54) is 5.56 Å². The standard InChI is InChI=1S/C27H33N3O2.C2H6/c1-8-18-14-20(27(3,4)5)12-13-22(18)26(32)30(7)23-11-9-10-21(17(23)2)19-15-24(25(28)31)29(6)16-19;1-2/h9-16H,8H2,1-7H3,(H2,28,31);1-2H3. The van der Waals surface area contributed by atoms with Crippen molar-refractivity contribution in [1.29, 1.82) is 0 Å². The minimum atomic E-state index is -0.467. The smallest absolute Gasteiger partial charge is 0.265 e. The number of amides is 2. The molecule has 0 radical (unpaired) electrons. The zero-order chi connectivity index (χ0) is 25.8. The van der Waals surface area contributed by atoms with Gasteiger partial charge in [0.1, 0.15) is 5.69 Å². The number of benzene rings is 2. The fourth-order valence-corrected chi connectivity index (χ4v) is 4.11. The average Bonchev–Trinajstić information content (AvgIpc) is 3.20. The highest BCUT2D eigenvalue weighted by molar-refractivity contribution is 6.07. The van der Waals surface area contributed by atoms with Crippen LogP contribution in [0.2, 0.25) is 0 Å². The molecule has 3 rings (SSSR count). The molecule has 0 bridgehead atoms. The van der Waals surface area contributed by atoms with Gasteiger partial charge >= 0.3 is 0 Å². The molecular weight excluding hydrogens is 422 g/mol. The Morgan fingerprint density at radius 3 is 2.24 bits per heavy atom. The van der Waals surface area contributed by atoms with Gasteiger partial charge in [-0.1, -0.05) is 65.8 Å². The molecule has 5 nitrogen and oxygen atoms in total. The van der Waals surface area contributed by atoms with Crippen molar-refractivity contribution in [3.05, 3.63) is 76.6 Å². The van der Waals surface area contributed by atoms with Crippen molar-refractivity contribution in [3.63, 3.8) is 0 Å². The first-order valence-corrected chi connectivity index (χ1v) is 11.9. The molecule has 0 atom stereocenters. The zero-order valence-corrected chi connectivity index (χ0v) is 22.1. The number of carbonyl (C=O) groups excluding carboxylic acids is 2. The number of nitrogens with two attached hydrogens (primary N) is 1. The first-order chi connectivity index (χ1) is 16.0. The highest BCUT2D eigenvalue weighted by atomic mass is 16.2. The summed E-state index contributed by atoms with van der Waals surface area (Å²) in [5.74, 6) is -0.501. The van der Waals surface area contributed by atoms with Crippen molar-refractivity contribution >= 4 is 17.5 Å². The summed E-state index contributed by atoms with van der Waals surface area (Å²) < 4.78 is 1.73. The summed E-state index contributed by atoms with van der Waals surface area (Å²) in [4.78, 5) is 26.9. The molecule has 5 heteroatoms. The Morgan fingerprint density at radius 1 is 1.06 bits per heavy atom. The van der Waals surface area contributed by atoms with Crippen LogP contribution in [0, 0.1) is 6.92 Å². The van der Waals surface area contributed by atoms with Crippen LogP contribution in [0.25, 0.3) is 11.1 Å². The number of aryl methyl sites for hydroxylation is 2. The molecule has 0 saturated carbocycles. The van der Waals surface area contributed by atoms with Gasteiger partial charge in [-0.25, -0.2) is 0 Å². The van der Waals surface area contributed by atoms with Crippen LogP contribution in [0.15, 0.2) is 48.7 Å². The first kappa shape index (κ1) is 26.9. The van der Waals surface area contributed by atoms with Crippen molar-refractivity contribution in [3.8, 4) is 11.1 Å². The first-order valence-electron chi connectivity index (χ1n) is 11.9. The summed E-state index contributed by atoms with van der Waals surface area (Å²) in [6.45, 7) is 14.6. The van der Waals surface area contributed by atoms with E-state index in [2.05, 4.69) is 39.8 Å². The molecule has 0 aliphatic heterocycles. The van der Waals surface area contributed by atoms with Crippen LogP contribution in [0.4, 0.5) is 5.69 Å². The summed E-state index contributed by atoms with van der Waals surface area (Å²) in [5, 5.41) is 0. The quantitative estimate of drug-likeness (QED) is 0.487. The predicted molar refractivity (Wildman–Crippen MR) is 143 cm³/mol. The minimum Gasteiger partial charge on any atom is -0.364 e. The molecule has 2 amide bonds. The minimum absolute atomic E-state index is 0.0295. The van der Waals surface area contributed by atoms with E-state index in [4.69, 9.17) is 5.73 Å². The van der Waals surface area contributed by atoms with Gasteiger partial charge in [0.15, 0.2) is 0 Å². The van der Waals surface area contributed by atoms with E-state index in [9.17, 15) is 9.59 Å². The Balaban J connectivity index is 0.00000199. The average molecular weight is 462 g/mol. The number of hydrogen-bond acceptors (Lipinski definition) is 2. The maximum Gasteiger partial charge on any atom is 0.265 e. The molecule has 2 aromatic carbocycles. The fraction of sp³-hybridized carbons (Fsp3) is 0.379. The molecule has 0 fully saturated rings. The number of nitrogens with zero attached hydrogens (tertiary/aromatic N) is 2. The van der Waals surface area contributed by atoms with Gasteiger partial charge in [-0.05, 0) is 59.2 Å². The van der Waals surface area contributed by atoms with Crippen molar-refractivity contribution < 1.29 is 9.59 Å². The summed E-state index contributed by atoms with van der Waals surface area (Å²) in [6.07, 6.45) is 2.67. The second-order valence-electron chi connectivity index (χ2n) is 9.38. The van der Waals surface area contributed by atoms with Gasteiger partial charge in [0.2, 0.25) is 0 Å². The molecule has 1 aromatic heterocycles. The van der Waals surface area contributed by atoms with E-state index < -0.39 is 5.91 Å². The van der Waals surface area contributed by atoms with Gasteiger partial charge in [-0.2, -0.15) is 0 Å². The molecule has 3 aromatic rings. The van der Waals surface area contributed by atoms with E-state index in [0.29, 0.717) is 5.69 Å². The highest BCUT2D eigenvalue weighted by Gasteiger charge is 2.22.